The normalized spacial score (nSPS) is 9.56. The number of nitrogens with zero attached hydrogens (tertiary/aromatic N) is 3. The second kappa shape index (κ2) is 4.97. The van der Waals surface area contributed by atoms with E-state index >= 15 is 0 Å². The summed E-state index contributed by atoms with van der Waals surface area (Å²) in [5, 5.41) is 14.4. The third kappa shape index (κ3) is 2.32. The predicted molar refractivity (Wildman–Crippen MR) is 50.8 cm³/mol. The fourth-order valence-corrected chi connectivity index (χ4v) is 1.32. The minimum Gasteiger partial charge on any atom is -0.543 e. The van der Waals surface area contributed by atoms with Crippen LogP contribution in [0, 0.1) is 0 Å². The van der Waals surface area contributed by atoms with Gasteiger partial charge in [0.05, 0.1) is 17.4 Å². The maximum Gasteiger partial charge on any atom is 1.00 e. The fraction of sp³-hybridized carbons (Fsp3) is 0.100. The van der Waals surface area contributed by atoms with Gasteiger partial charge in [0.25, 0.3) is 0 Å². The van der Waals surface area contributed by atoms with Crippen LogP contribution in [0.4, 0.5) is 0 Å². The van der Waals surface area contributed by atoms with Crippen LogP contribution in [0.3, 0.4) is 0 Å². The zero-order valence-electron chi connectivity index (χ0n) is 9.04. The van der Waals surface area contributed by atoms with Gasteiger partial charge < -0.3 is 9.90 Å². The van der Waals surface area contributed by atoms with Crippen molar-refractivity contribution in [2.45, 2.75) is 0 Å². The molecule has 2 aromatic rings. The number of aromatic nitrogens is 3. The van der Waals surface area contributed by atoms with Crippen molar-refractivity contribution in [2.75, 3.05) is 0 Å². The van der Waals surface area contributed by atoms with E-state index in [2.05, 4.69) is 10.1 Å². The molecule has 0 aliphatic carbocycles. The van der Waals surface area contributed by atoms with E-state index in [4.69, 9.17) is 0 Å². The summed E-state index contributed by atoms with van der Waals surface area (Å²) >= 11 is 0. The van der Waals surface area contributed by atoms with Gasteiger partial charge in [0.2, 0.25) is 0 Å². The molecular weight excluding hydrogens is 201 g/mol. The molecule has 0 fully saturated rings. The summed E-state index contributed by atoms with van der Waals surface area (Å²) in [6.07, 6.45) is 1.64. The summed E-state index contributed by atoms with van der Waals surface area (Å²) in [5.41, 5.74) is 1.24. The van der Waals surface area contributed by atoms with Gasteiger partial charge in [-0.3, -0.25) is 9.67 Å². The van der Waals surface area contributed by atoms with Gasteiger partial charge in [-0.05, 0) is 18.2 Å². The van der Waals surface area contributed by atoms with Crippen molar-refractivity contribution >= 4 is 5.97 Å². The van der Waals surface area contributed by atoms with Gasteiger partial charge in [-0.2, -0.15) is 5.10 Å². The Hall–Kier alpha value is -1.57. The summed E-state index contributed by atoms with van der Waals surface area (Å²) < 4.78 is 1.47. The Morgan fingerprint density at radius 3 is 2.69 bits per heavy atom. The zero-order valence-corrected chi connectivity index (χ0v) is 9.04. The molecule has 2 rings (SSSR count). The molecule has 2 heterocycles. The molecule has 0 saturated carbocycles. The topological polar surface area (TPSA) is 70.8 Å². The number of aromatic carboxylic acids is 1. The van der Waals surface area contributed by atoms with Crippen molar-refractivity contribution in [1.82, 2.24) is 14.8 Å². The SMILES string of the molecule is Cn1nc(C(=O)[O-])cc1-c1ccccn1.[Li+]. The van der Waals surface area contributed by atoms with Crippen LogP contribution in [0.2, 0.25) is 0 Å². The Balaban J connectivity index is 0.00000128. The number of aryl methyl sites for hydroxylation is 1. The van der Waals surface area contributed by atoms with E-state index in [0.717, 1.165) is 0 Å². The molecule has 0 bridgehead atoms. The van der Waals surface area contributed by atoms with Crippen molar-refractivity contribution in [3.63, 3.8) is 0 Å². The molecule has 76 valence electrons. The van der Waals surface area contributed by atoms with E-state index in [-0.39, 0.29) is 24.6 Å². The van der Waals surface area contributed by atoms with E-state index < -0.39 is 5.97 Å². The molecule has 0 aliphatic rings. The summed E-state index contributed by atoms with van der Waals surface area (Å²) in [7, 11) is 1.66. The summed E-state index contributed by atoms with van der Waals surface area (Å²) in [5.74, 6) is -1.28. The summed E-state index contributed by atoms with van der Waals surface area (Å²) in [6, 6.07) is 6.85. The number of carbonyl (C=O) groups excluding carboxylic acids is 1. The first-order valence-electron chi connectivity index (χ1n) is 4.35. The second-order valence-electron chi connectivity index (χ2n) is 3.04. The van der Waals surface area contributed by atoms with Crippen LogP contribution in [0.1, 0.15) is 10.5 Å². The van der Waals surface area contributed by atoms with Gasteiger partial charge in [0.1, 0.15) is 5.69 Å². The van der Waals surface area contributed by atoms with E-state index in [1.54, 1.807) is 25.4 Å². The quantitative estimate of drug-likeness (QED) is 0.490. The number of rotatable bonds is 2. The monoisotopic (exact) mass is 209 g/mol. The number of hydrogen-bond donors (Lipinski definition) is 0. The molecule has 5 nitrogen and oxygen atoms in total. The van der Waals surface area contributed by atoms with E-state index in [0.29, 0.717) is 11.4 Å². The Morgan fingerprint density at radius 1 is 1.44 bits per heavy atom. The summed E-state index contributed by atoms with van der Waals surface area (Å²) in [6.45, 7) is 0. The number of pyridine rings is 1. The largest absolute Gasteiger partial charge is 1.00 e. The molecule has 0 aromatic carbocycles. The number of carbonyl (C=O) groups is 1. The molecule has 0 aliphatic heterocycles. The smallest absolute Gasteiger partial charge is 0.543 e. The minimum absolute atomic E-state index is 0. The fourth-order valence-electron chi connectivity index (χ4n) is 1.32. The number of carboxylic acids is 1. The van der Waals surface area contributed by atoms with E-state index in [1.807, 2.05) is 6.07 Å². The van der Waals surface area contributed by atoms with Gasteiger partial charge in [0, 0.05) is 13.2 Å². The Kier molecular flexibility index (Phi) is 3.88. The van der Waals surface area contributed by atoms with Crippen LogP contribution in [0.15, 0.2) is 30.5 Å². The van der Waals surface area contributed by atoms with Gasteiger partial charge >= 0.3 is 18.9 Å². The minimum atomic E-state index is -1.28. The molecule has 2 aromatic heterocycles. The average Bonchev–Trinajstić information content (AvgIpc) is 2.62. The van der Waals surface area contributed by atoms with Gasteiger partial charge in [-0.15, -0.1) is 0 Å². The molecular formula is C10H8LiN3O2. The Labute approximate surface area is 104 Å². The van der Waals surface area contributed by atoms with Crippen LogP contribution in [0.25, 0.3) is 11.4 Å². The zero-order chi connectivity index (χ0) is 10.8. The van der Waals surface area contributed by atoms with Crippen LogP contribution < -0.4 is 24.0 Å². The first-order valence-corrected chi connectivity index (χ1v) is 4.35. The molecule has 0 radical (unpaired) electrons. The molecule has 6 heteroatoms. The van der Waals surface area contributed by atoms with E-state index in [1.165, 1.54) is 10.7 Å². The van der Waals surface area contributed by atoms with Crippen LogP contribution >= 0.6 is 0 Å². The summed E-state index contributed by atoms with van der Waals surface area (Å²) in [4.78, 5) is 14.7. The van der Waals surface area contributed by atoms with Crippen molar-refractivity contribution in [2.24, 2.45) is 7.05 Å². The third-order valence-corrected chi connectivity index (χ3v) is 2.02. The van der Waals surface area contributed by atoms with Crippen molar-refractivity contribution in [3.8, 4) is 11.4 Å². The second-order valence-corrected chi connectivity index (χ2v) is 3.04. The molecule has 0 atom stereocenters. The molecule has 0 spiro atoms. The van der Waals surface area contributed by atoms with Crippen LogP contribution in [-0.4, -0.2) is 20.7 Å². The Bertz CT molecular complexity index is 496. The van der Waals surface area contributed by atoms with Crippen LogP contribution in [-0.2, 0) is 7.05 Å². The Morgan fingerprint density at radius 2 is 2.19 bits per heavy atom. The van der Waals surface area contributed by atoms with Crippen molar-refractivity contribution in [1.29, 1.82) is 0 Å². The first kappa shape index (κ1) is 12.5. The number of hydrogen-bond acceptors (Lipinski definition) is 4. The molecule has 0 unspecified atom stereocenters. The van der Waals surface area contributed by atoms with Crippen molar-refractivity contribution in [3.05, 3.63) is 36.2 Å². The van der Waals surface area contributed by atoms with Crippen molar-refractivity contribution < 1.29 is 28.8 Å². The molecule has 0 saturated heterocycles. The standard InChI is InChI=1S/C10H9N3O2.Li/c1-13-9(6-8(12-13)10(14)15)7-4-2-3-5-11-7;/h2-6H,1H3,(H,14,15);/q;+1/p-1. The third-order valence-electron chi connectivity index (χ3n) is 2.02. The predicted octanol–water partition coefficient (Wildman–Crippen LogP) is -3.15. The molecule has 0 N–H and O–H groups in total. The molecule has 16 heavy (non-hydrogen) atoms. The van der Waals surface area contributed by atoms with E-state index in [9.17, 15) is 9.90 Å². The number of carboxylic acid groups (broad SMARTS) is 1. The maximum atomic E-state index is 10.6. The molecule has 0 amide bonds. The van der Waals surface area contributed by atoms with Crippen LogP contribution in [0.5, 0.6) is 0 Å². The first-order chi connectivity index (χ1) is 7.18. The van der Waals surface area contributed by atoms with Gasteiger partial charge in [0.15, 0.2) is 0 Å². The average molecular weight is 209 g/mol. The van der Waals surface area contributed by atoms with Gasteiger partial charge in [-0.1, -0.05) is 6.07 Å². The van der Waals surface area contributed by atoms with Gasteiger partial charge in [-0.25, -0.2) is 0 Å². The maximum absolute atomic E-state index is 10.6.